The molecule has 5 nitrogen and oxygen atoms in total. The molecule has 4 N–H and O–H groups in total. The second-order valence-corrected chi connectivity index (χ2v) is 6.67. The number of hydrogen-bond donors (Lipinski definition) is 3. The molecule has 0 radical (unpaired) electrons. The number of nitrogens with two attached hydrogens (primary N) is 1. The van der Waals surface area contributed by atoms with Gasteiger partial charge in [-0.25, -0.2) is 13.6 Å². The molecule has 2 rings (SSSR count). The van der Waals surface area contributed by atoms with Crippen molar-refractivity contribution in [3.05, 3.63) is 52.5 Å². The number of halogens is 1. The topological polar surface area (TPSA) is 92.4 Å². The standard InChI is InChI=1S/C13H13BrN2O3S/c14-10-2-1-9(13(17)7-10)8-16-11-3-5-12(6-4-11)20(15,18)19/h1-7,16-17H,8H2,(H2,15,18,19). The van der Waals surface area contributed by atoms with E-state index in [9.17, 15) is 13.5 Å². The van der Waals surface area contributed by atoms with Crippen LogP contribution in [-0.4, -0.2) is 13.5 Å². The van der Waals surface area contributed by atoms with Crippen molar-refractivity contribution in [3.63, 3.8) is 0 Å². The normalized spacial score (nSPS) is 11.3. The smallest absolute Gasteiger partial charge is 0.238 e. The predicted molar refractivity (Wildman–Crippen MR) is 80.9 cm³/mol. The third-order valence-corrected chi connectivity index (χ3v) is 4.14. The first kappa shape index (κ1) is 14.8. The molecule has 2 aromatic carbocycles. The number of phenols is 1. The molecule has 0 saturated carbocycles. The van der Waals surface area contributed by atoms with Gasteiger partial charge in [0.15, 0.2) is 0 Å². The first-order chi connectivity index (χ1) is 9.36. The second kappa shape index (κ2) is 5.82. The molecule has 0 unspecified atom stereocenters. The van der Waals surface area contributed by atoms with E-state index >= 15 is 0 Å². The number of nitrogens with one attached hydrogen (secondary N) is 1. The highest BCUT2D eigenvalue weighted by Crippen LogP contribution is 2.23. The molecule has 0 aliphatic heterocycles. The zero-order chi connectivity index (χ0) is 14.8. The molecule has 0 aliphatic rings. The number of phenolic OH excluding ortho intramolecular Hbond substituents is 1. The van der Waals surface area contributed by atoms with Crippen LogP contribution in [0, 0.1) is 0 Å². The first-order valence-electron chi connectivity index (χ1n) is 5.70. The van der Waals surface area contributed by atoms with Gasteiger partial charge in [0, 0.05) is 22.3 Å². The zero-order valence-electron chi connectivity index (χ0n) is 10.4. The summed E-state index contributed by atoms with van der Waals surface area (Å²) >= 11 is 3.27. The highest BCUT2D eigenvalue weighted by atomic mass is 79.9. The minimum Gasteiger partial charge on any atom is -0.508 e. The lowest BCUT2D eigenvalue weighted by atomic mass is 10.2. The van der Waals surface area contributed by atoms with E-state index in [4.69, 9.17) is 5.14 Å². The Bertz CT molecular complexity index is 715. The summed E-state index contributed by atoms with van der Waals surface area (Å²) < 4.78 is 23.0. The maximum Gasteiger partial charge on any atom is 0.238 e. The molecule has 0 bridgehead atoms. The van der Waals surface area contributed by atoms with Gasteiger partial charge in [0.25, 0.3) is 0 Å². The Balaban J connectivity index is 2.08. The van der Waals surface area contributed by atoms with E-state index in [1.807, 2.05) is 6.07 Å². The zero-order valence-corrected chi connectivity index (χ0v) is 12.8. The number of hydrogen-bond acceptors (Lipinski definition) is 4. The first-order valence-corrected chi connectivity index (χ1v) is 8.04. The van der Waals surface area contributed by atoms with Gasteiger partial charge in [0.05, 0.1) is 4.90 Å². The summed E-state index contributed by atoms with van der Waals surface area (Å²) in [5, 5.41) is 17.9. The number of benzene rings is 2. The quantitative estimate of drug-likeness (QED) is 0.784. The number of aromatic hydroxyl groups is 1. The minimum absolute atomic E-state index is 0.0644. The molecular formula is C13H13BrN2O3S. The van der Waals surface area contributed by atoms with E-state index < -0.39 is 10.0 Å². The lowest BCUT2D eigenvalue weighted by Gasteiger charge is -2.09. The summed E-state index contributed by atoms with van der Waals surface area (Å²) in [5.41, 5.74) is 1.48. The van der Waals surface area contributed by atoms with Crippen molar-refractivity contribution in [2.24, 2.45) is 5.14 Å². The van der Waals surface area contributed by atoms with E-state index in [1.165, 1.54) is 12.1 Å². The van der Waals surface area contributed by atoms with Gasteiger partial charge in [-0.1, -0.05) is 22.0 Å². The Labute approximate surface area is 125 Å². The minimum atomic E-state index is -3.67. The molecule has 0 spiro atoms. The fraction of sp³-hybridized carbons (Fsp3) is 0.0769. The van der Waals surface area contributed by atoms with Gasteiger partial charge < -0.3 is 10.4 Å². The summed E-state index contributed by atoms with van der Waals surface area (Å²) in [7, 11) is -3.67. The summed E-state index contributed by atoms with van der Waals surface area (Å²) in [6.07, 6.45) is 0. The molecule has 20 heavy (non-hydrogen) atoms. The van der Waals surface area contributed by atoms with Crippen molar-refractivity contribution >= 4 is 31.6 Å². The van der Waals surface area contributed by atoms with E-state index in [-0.39, 0.29) is 10.6 Å². The van der Waals surface area contributed by atoms with Crippen LogP contribution in [0.2, 0.25) is 0 Å². The Hall–Kier alpha value is -1.57. The van der Waals surface area contributed by atoms with E-state index in [0.717, 1.165) is 15.7 Å². The Morgan fingerprint density at radius 2 is 1.80 bits per heavy atom. The van der Waals surface area contributed by atoms with Crippen molar-refractivity contribution < 1.29 is 13.5 Å². The molecule has 7 heteroatoms. The van der Waals surface area contributed by atoms with Crippen LogP contribution in [0.1, 0.15) is 5.56 Å². The molecular weight excluding hydrogens is 344 g/mol. The number of anilines is 1. The fourth-order valence-corrected chi connectivity index (χ4v) is 2.51. The third-order valence-electron chi connectivity index (χ3n) is 2.71. The number of sulfonamides is 1. The number of primary sulfonamides is 1. The van der Waals surface area contributed by atoms with Crippen LogP contribution >= 0.6 is 15.9 Å². The maximum absolute atomic E-state index is 11.1. The summed E-state index contributed by atoms with van der Waals surface area (Å²) in [4.78, 5) is 0.0644. The molecule has 0 amide bonds. The van der Waals surface area contributed by atoms with Crippen LogP contribution in [0.15, 0.2) is 51.8 Å². The van der Waals surface area contributed by atoms with Gasteiger partial charge in [-0.15, -0.1) is 0 Å². The number of rotatable bonds is 4. The Morgan fingerprint density at radius 1 is 1.15 bits per heavy atom. The van der Waals surface area contributed by atoms with E-state index in [0.29, 0.717) is 6.54 Å². The molecule has 0 atom stereocenters. The van der Waals surface area contributed by atoms with Crippen molar-refractivity contribution in [2.45, 2.75) is 11.4 Å². The van der Waals surface area contributed by atoms with E-state index in [2.05, 4.69) is 21.2 Å². The highest BCUT2D eigenvalue weighted by molar-refractivity contribution is 9.10. The fourth-order valence-electron chi connectivity index (χ4n) is 1.65. The van der Waals surface area contributed by atoms with E-state index in [1.54, 1.807) is 24.3 Å². The van der Waals surface area contributed by atoms with Gasteiger partial charge >= 0.3 is 0 Å². The molecule has 0 saturated heterocycles. The molecule has 0 aromatic heterocycles. The highest BCUT2D eigenvalue weighted by Gasteiger charge is 2.07. The summed E-state index contributed by atoms with van der Waals surface area (Å²) in [5.74, 6) is 0.188. The van der Waals surface area contributed by atoms with Crippen LogP contribution in [0.4, 0.5) is 5.69 Å². The van der Waals surface area contributed by atoms with Gasteiger partial charge in [-0.3, -0.25) is 0 Å². The predicted octanol–water partition coefficient (Wildman–Crippen LogP) is 2.41. The molecule has 0 aliphatic carbocycles. The average Bonchev–Trinajstić information content (AvgIpc) is 2.37. The van der Waals surface area contributed by atoms with Gasteiger partial charge in [-0.05, 0) is 36.4 Å². The lowest BCUT2D eigenvalue weighted by molar-refractivity contribution is 0.468. The molecule has 0 heterocycles. The third kappa shape index (κ3) is 3.72. The second-order valence-electron chi connectivity index (χ2n) is 4.20. The SMILES string of the molecule is NS(=O)(=O)c1ccc(NCc2ccc(Br)cc2O)cc1. The Morgan fingerprint density at radius 3 is 2.35 bits per heavy atom. The van der Waals surface area contributed by atoms with Crippen LogP contribution in [0.5, 0.6) is 5.75 Å². The van der Waals surface area contributed by atoms with Gasteiger partial charge in [-0.2, -0.15) is 0 Å². The van der Waals surface area contributed by atoms with Crippen molar-refractivity contribution in [1.82, 2.24) is 0 Å². The average molecular weight is 357 g/mol. The maximum atomic E-state index is 11.1. The lowest BCUT2D eigenvalue weighted by Crippen LogP contribution is -2.12. The monoisotopic (exact) mass is 356 g/mol. The Kier molecular flexibility index (Phi) is 4.32. The van der Waals surface area contributed by atoms with Crippen molar-refractivity contribution in [2.75, 3.05) is 5.32 Å². The molecule has 0 fully saturated rings. The van der Waals surface area contributed by atoms with Crippen LogP contribution in [0.25, 0.3) is 0 Å². The summed E-state index contributed by atoms with van der Waals surface area (Å²) in [6, 6.07) is 11.3. The molecule has 2 aromatic rings. The van der Waals surface area contributed by atoms with Gasteiger partial charge in [0.2, 0.25) is 10.0 Å². The van der Waals surface area contributed by atoms with Crippen LogP contribution in [0.3, 0.4) is 0 Å². The van der Waals surface area contributed by atoms with Gasteiger partial charge in [0.1, 0.15) is 5.75 Å². The summed E-state index contributed by atoms with van der Waals surface area (Å²) in [6.45, 7) is 0.424. The van der Waals surface area contributed by atoms with Crippen molar-refractivity contribution in [1.29, 1.82) is 0 Å². The van der Waals surface area contributed by atoms with Crippen LogP contribution in [-0.2, 0) is 16.6 Å². The van der Waals surface area contributed by atoms with Crippen LogP contribution < -0.4 is 10.5 Å². The largest absolute Gasteiger partial charge is 0.508 e. The molecule has 106 valence electrons. The van der Waals surface area contributed by atoms with Crippen molar-refractivity contribution in [3.8, 4) is 5.75 Å².